The zero-order valence-electron chi connectivity index (χ0n) is 17.5. The molecular weight excluding hydrogens is 374 g/mol. The van der Waals surface area contributed by atoms with E-state index in [1.54, 1.807) is 0 Å². The number of ether oxygens (including phenoxy) is 3. The number of rotatable bonds is 9. The zero-order valence-corrected chi connectivity index (χ0v) is 17.5. The van der Waals surface area contributed by atoms with E-state index >= 15 is 0 Å². The van der Waals surface area contributed by atoms with Crippen LogP contribution in [0.5, 0.6) is 11.5 Å². The second kappa shape index (κ2) is 11.0. The Morgan fingerprint density at radius 3 is 1.97 bits per heavy atom. The Morgan fingerprint density at radius 1 is 0.862 bits per heavy atom. The molecule has 0 heterocycles. The first-order valence-electron chi connectivity index (χ1n) is 11.0. The molecule has 29 heavy (non-hydrogen) atoms. The summed E-state index contributed by atoms with van der Waals surface area (Å²) < 4.78 is 44.1. The Morgan fingerprint density at radius 2 is 1.41 bits per heavy atom. The van der Waals surface area contributed by atoms with Gasteiger partial charge in [-0.1, -0.05) is 6.08 Å². The smallest absolute Gasteiger partial charge is 0.204 e. The normalized spacial score (nSPS) is 27.4. The van der Waals surface area contributed by atoms with Crippen LogP contribution >= 0.6 is 0 Å². The highest BCUT2D eigenvalue weighted by Gasteiger charge is 2.30. The molecule has 2 fully saturated rings. The van der Waals surface area contributed by atoms with Gasteiger partial charge >= 0.3 is 0 Å². The molecule has 0 aliphatic heterocycles. The van der Waals surface area contributed by atoms with E-state index in [1.165, 1.54) is 57.8 Å². The van der Waals surface area contributed by atoms with Crippen molar-refractivity contribution in [1.29, 1.82) is 0 Å². The average Bonchev–Trinajstić information content (AvgIpc) is 2.77. The molecule has 3 nitrogen and oxygen atoms in total. The summed E-state index contributed by atoms with van der Waals surface area (Å²) >= 11 is 0. The monoisotopic (exact) mass is 408 g/mol. The molecule has 162 valence electrons. The molecule has 2 aliphatic rings. The van der Waals surface area contributed by atoms with E-state index < -0.39 is 11.6 Å². The highest BCUT2D eigenvalue weighted by Crippen LogP contribution is 2.41. The quantitative estimate of drug-likeness (QED) is 0.361. The van der Waals surface area contributed by atoms with Crippen molar-refractivity contribution in [2.45, 2.75) is 51.4 Å². The van der Waals surface area contributed by atoms with Crippen LogP contribution in [0.15, 0.2) is 24.8 Å². The maximum Gasteiger partial charge on any atom is 0.204 e. The van der Waals surface area contributed by atoms with E-state index in [0.717, 1.165) is 24.7 Å². The summed E-state index contributed by atoms with van der Waals surface area (Å²) in [6.45, 7) is 4.86. The molecule has 0 bridgehead atoms. The molecule has 2 aliphatic carbocycles. The molecule has 0 aromatic heterocycles. The molecule has 1 aromatic rings. The van der Waals surface area contributed by atoms with Crippen molar-refractivity contribution in [2.75, 3.05) is 26.9 Å². The molecule has 0 N–H and O–H groups in total. The van der Waals surface area contributed by atoms with Crippen molar-refractivity contribution in [3.8, 4) is 11.5 Å². The first kappa shape index (κ1) is 22.1. The number of benzene rings is 1. The van der Waals surface area contributed by atoms with Crippen LogP contribution in [0.3, 0.4) is 0 Å². The maximum absolute atomic E-state index is 14.3. The van der Waals surface area contributed by atoms with Crippen LogP contribution in [0.2, 0.25) is 0 Å². The molecule has 3 rings (SSSR count). The van der Waals surface area contributed by atoms with Gasteiger partial charge in [0, 0.05) is 7.11 Å². The predicted molar refractivity (Wildman–Crippen MR) is 110 cm³/mol. The standard InChI is InChI=1S/C24H34F2O3/c1-3-17-4-8-19(9-5-17)20-10-6-18(7-11-20)16-29-22-13-12-21(23(25)24(22)26)28-15-14-27-2/h3,12-13,17-20H,1,4-11,14-16H2,2H3. The Hall–Kier alpha value is -1.62. The van der Waals surface area contributed by atoms with E-state index in [1.807, 2.05) is 0 Å². The van der Waals surface area contributed by atoms with Crippen molar-refractivity contribution >= 4 is 0 Å². The van der Waals surface area contributed by atoms with Crippen LogP contribution < -0.4 is 9.47 Å². The van der Waals surface area contributed by atoms with Gasteiger partial charge in [-0.15, -0.1) is 6.58 Å². The molecule has 1 aromatic carbocycles. The number of halogens is 2. The minimum atomic E-state index is -1.00. The minimum Gasteiger partial charge on any atom is -0.490 e. The van der Waals surface area contributed by atoms with Crippen LogP contribution in [0.1, 0.15) is 51.4 Å². The largest absolute Gasteiger partial charge is 0.490 e. The molecule has 2 saturated carbocycles. The first-order chi connectivity index (χ1) is 14.1. The summed E-state index contributed by atoms with van der Waals surface area (Å²) in [4.78, 5) is 0. The molecule has 0 atom stereocenters. The third kappa shape index (κ3) is 5.94. The third-order valence-corrected chi connectivity index (χ3v) is 6.74. The lowest BCUT2D eigenvalue weighted by atomic mass is 9.69. The van der Waals surface area contributed by atoms with Crippen LogP contribution in [0.4, 0.5) is 8.78 Å². The van der Waals surface area contributed by atoms with Crippen molar-refractivity contribution in [3.05, 3.63) is 36.4 Å². The maximum atomic E-state index is 14.3. The Labute approximate surface area is 173 Å². The van der Waals surface area contributed by atoms with Crippen LogP contribution in [0, 0.1) is 35.3 Å². The van der Waals surface area contributed by atoms with Gasteiger partial charge in [-0.3, -0.25) is 0 Å². The van der Waals surface area contributed by atoms with Gasteiger partial charge in [-0.2, -0.15) is 8.78 Å². The van der Waals surface area contributed by atoms with Gasteiger partial charge in [0.25, 0.3) is 0 Å². The fourth-order valence-corrected chi connectivity index (χ4v) is 4.86. The Balaban J connectivity index is 1.43. The van der Waals surface area contributed by atoms with Gasteiger partial charge in [0.1, 0.15) is 6.61 Å². The van der Waals surface area contributed by atoms with Gasteiger partial charge in [0.05, 0.1) is 13.2 Å². The third-order valence-electron chi connectivity index (χ3n) is 6.74. The number of allylic oxidation sites excluding steroid dienone is 1. The average molecular weight is 409 g/mol. The van der Waals surface area contributed by atoms with Gasteiger partial charge in [-0.05, 0) is 87.2 Å². The van der Waals surface area contributed by atoms with Crippen molar-refractivity contribution in [2.24, 2.45) is 23.7 Å². The summed E-state index contributed by atoms with van der Waals surface area (Å²) in [6, 6.07) is 2.87. The topological polar surface area (TPSA) is 27.7 Å². The molecule has 0 unspecified atom stereocenters. The molecule has 5 heteroatoms. The number of methoxy groups -OCH3 is 1. The first-order valence-corrected chi connectivity index (χ1v) is 11.0. The van der Waals surface area contributed by atoms with E-state index in [-0.39, 0.29) is 18.1 Å². The lowest BCUT2D eigenvalue weighted by molar-refractivity contribution is 0.126. The van der Waals surface area contributed by atoms with Crippen LogP contribution in [-0.2, 0) is 4.74 Å². The number of hydrogen-bond donors (Lipinski definition) is 0. The molecular formula is C24H34F2O3. The fourth-order valence-electron chi connectivity index (χ4n) is 4.86. The van der Waals surface area contributed by atoms with Crippen LogP contribution in [0.25, 0.3) is 0 Å². The highest BCUT2D eigenvalue weighted by molar-refractivity contribution is 5.35. The summed E-state index contributed by atoms with van der Waals surface area (Å²) in [6.07, 6.45) is 12.0. The van der Waals surface area contributed by atoms with Crippen molar-refractivity contribution < 1.29 is 23.0 Å². The predicted octanol–water partition coefficient (Wildman–Crippen LogP) is 6.17. The SMILES string of the molecule is C=CC1CCC(C2CCC(COc3ccc(OCCOC)c(F)c3F)CC2)CC1. The highest BCUT2D eigenvalue weighted by atomic mass is 19.2. The van der Waals surface area contributed by atoms with E-state index in [4.69, 9.17) is 14.2 Å². The Kier molecular flexibility index (Phi) is 8.34. The second-order valence-corrected chi connectivity index (χ2v) is 8.53. The molecule has 0 amide bonds. The molecule has 0 spiro atoms. The van der Waals surface area contributed by atoms with Gasteiger partial charge in [-0.25, -0.2) is 0 Å². The van der Waals surface area contributed by atoms with E-state index in [0.29, 0.717) is 25.0 Å². The molecule has 0 radical (unpaired) electrons. The van der Waals surface area contributed by atoms with Gasteiger partial charge < -0.3 is 14.2 Å². The summed E-state index contributed by atoms with van der Waals surface area (Å²) in [7, 11) is 1.53. The van der Waals surface area contributed by atoms with Crippen molar-refractivity contribution in [3.63, 3.8) is 0 Å². The van der Waals surface area contributed by atoms with Crippen molar-refractivity contribution in [1.82, 2.24) is 0 Å². The van der Waals surface area contributed by atoms with Gasteiger partial charge in [0.15, 0.2) is 11.5 Å². The molecule has 0 saturated heterocycles. The lowest BCUT2D eigenvalue weighted by Gasteiger charge is -2.37. The van der Waals surface area contributed by atoms with Crippen LogP contribution in [-0.4, -0.2) is 26.9 Å². The van der Waals surface area contributed by atoms with E-state index in [2.05, 4.69) is 12.7 Å². The Bertz CT molecular complexity index is 648. The summed E-state index contributed by atoms with van der Waals surface area (Å²) in [5, 5.41) is 0. The van der Waals surface area contributed by atoms with E-state index in [9.17, 15) is 8.78 Å². The lowest BCUT2D eigenvalue weighted by Crippen LogP contribution is -2.27. The second-order valence-electron chi connectivity index (χ2n) is 8.53. The minimum absolute atomic E-state index is 0.0357. The summed E-state index contributed by atoms with van der Waals surface area (Å²) in [5.74, 6) is 0.661. The van der Waals surface area contributed by atoms with Gasteiger partial charge in [0.2, 0.25) is 11.6 Å². The number of hydrogen-bond acceptors (Lipinski definition) is 3. The fraction of sp³-hybridized carbons (Fsp3) is 0.667. The summed E-state index contributed by atoms with van der Waals surface area (Å²) in [5.41, 5.74) is 0. The zero-order chi connectivity index (χ0) is 20.6.